The molecule has 0 bridgehead atoms. The Bertz CT molecular complexity index is 292. The standard InChI is InChI=1S/C12H16O3/c1-10(3-2-8-13)15-12-6-4-11(9-14)5-7-12/h4-7,9-10,13H,2-3,8H2,1H3. The fourth-order valence-corrected chi connectivity index (χ4v) is 1.29. The van der Waals surface area contributed by atoms with Crippen LogP contribution < -0.4 is 4.74 Å². The van der Waals surface area contributed by atoms with Crippen molar-refractivity contribution >= 4 is 6.29 Å². The number of carbonyl (C=O) groups is 1. The van der Waals surface area contributed by atoms with Gasteiger partial charge in [0.05, 0.1) is 6.10 Å². The molecule has 3 nitrogen and oxygen atoms in total. The van der Waals surface area contributed by atoms with Crippen LogP contribution in [0, 0.1) is 0 Å². The molecule has 0 radical (unpaired) electrons. The van der Waals surface area contributed by atoms with Gasteiger partial charge in [0, 0.05) is 12.2 Å². The molecule has 1 aromatic carbocycles. The van der Waals surface area contributed by atoms with Gasteiger partial charge in [-0.05, 0) is 44.0 Å². The van der Waals surface area contributed by atoms with E-state index in [0.29, 0.717) is 5.56 Å². The van der Waals surface area contributed by atoms with Gasteiger partial charge in [0.1, 0.15) is 12.0 Å². The molecule has 0 saturated carbocycles. The SMILES string of the molecule is CC(CCCO)Oc1ccc(C=O)cc1. The summed E-state index contributed by atoms with van der Waals surface area (Å²) in [5, 5.41) is 8.66. The van der Waals surface area contributed by atoms with Crippen molar-refractivity contribution in [2.75, 3.05) is 6.61 Å². The number of aldehydes is 1. The molecule has 1 aromatic rings. The van der Waals surface area contributed by atoms with Crippen LogP contribution in [0.25, 0.3) is 0 Å². The molecule has 0 aliphatic heterocycles. The second kappa shape index (κ2) is 6.19. The average Bonchev–Trinajstić information content (AvgIpc) is 2.27. The average molecular weight is 208 g/mol. The van der Waals surface area contributed by atoms with Crippen molar-refractivity contribution in [1.29, 1.82) is 0 Å². The van der Waals surface area contributed by atoms with Gasteiger partial charge in [-0.3, -0.25) is 4.79 Å². The third kappa shape index (κ3) is 4.13. The topological polar surface area (TPSA) is 46.5 Å². The van der Waals surface area contributed by atoms with Crippen LogP contribution in [0.2, 0.25) is 0 Å². The minimum absolute atomic E-state index is 0.0826. The lowest BCUT2D eigenvalue weighted by Crippen LogP contribution is -2.12. The summed E-state index contributed by atoms with van der Waals surface area (Å²) in [5.74, 6) is 0.756. The van der Waals surface area contributed by atoms with Crippen LogP contribution in [0.5, 0.6) is 5.75 Å². The monoisotopic (exact) mass is 208 g/mol. The fourth-order valence-electron chi connectivity index (χ4n) is 1.29. The Morgan fingerprint density at radius 3 is 2.60 bits per heavy atom. The normalized spacial score (nSPS) is 12.1. The fraction of sp³-hybridized carbons (Fsp3) is 0.417. The number of aliphatic hydroxyl groups excluding tert-OH is 1. The maximum atomic E-state index is 10.4. The van der Waals surface area contributed by atoms with Crippen LogP contribution in [0.1, 0.15) is 30.1 Å². The second-order valence-corrected chi connectivity index (χ2v) is 3.48. The van der Waals surface area contributed by atoms with Crippen LogP contribution in [0.3, 0.4) is 0 Å². The molecule has 0 saturated heterocycles. The summed E-state index contributed by atoms with van der Waals surface area (Å²) in [6.45, 7) is 2.15. The molecule has 1 N–H and O–H groups in total. The number of ether oxygens (including phenoxy) is 1. The molecule has 1 atom stereocenters. The van der Waals surface area contributed by atoms with E-state index in [4.69, 9.17) is 9.84 Å². The minimum atomic E-state index is 0.0826. The molecule has 0 aliphatic carbocycles. The molecule has 15 heavy (non-hydrogen) atoms. The van der Waals surface area contributed by atoms with Gasteiger partial charge < -0.3 is 9.84 Å². The molecule has 1 rings (SSSR count). The minimum Gasteiger partial charge on any atom is -0.491 e. The highest BCUT2D eigenvalue weighted by molar-refractivity contribution is 5.74. The van der Waals surface area contributed by atoms with Crippen LogP contribution in [0.4, 0.5) is 0 Å². The number of rotatable bonds is 6. The van der Waals surface area contributed by atoms with E-state index in [-0.39, 0.29) is 12.7 Å². The van der Waals surface area contributed by atoms with Crippen molar-refractivity contribution in [3.63, 3.8) is 0 Å². The third-order valence-electron chi connectivity index (χ3n) is 2.12. The smallest absolute Gasteiger partial charge is 0.150 e. The largest absolute Gasteiger partial charge is 0.491 e. The van der Waals surface area contributed by atoms with Crippen LogP contribution in [0.15, 0.2) is 24.3 Å². The van der Waals surface area contributed by atoms with Gasteiger partial charge in [-0.1, -0.05) is 0 Å². The van der Waals surface area contributed by atoms with E-state index in [1.54, 1.807) is 24.3 Å². The first-order valence-corrected chi connectivity index (χ1v) is 5.09. The van der Waals surface area contributed by atoms with Gasteiger partial charge in [-0.2, -0.15) is 0 Å². The van der Waals surface area contributed by atoms with E-state index in [2.05, 4.69) is 0 Å². The Balaban J connectivity index is 2.45. The molecule has 0 aliphatic rings. The Hall–Kier alpha value is -1.35. The molecule has 82 valence electrons. The zero-order chi connectivity index (χ0) is 11.1. The van der Waals surface area contributed by atoms with E-state index in [1.165, 1.54) is 0 Å². The van der Waals surface area contributed by atoms with E-state index < -0.39 is 0 Å². The Morgan fingerprint density at radius 1 is 1.40 bits per heavy atom. The first kappa shape index (κ1) is 11.7. The summed E-state index contributed by atoms with van der Waals surface area (Å²) in [5.41, 5.74) is 0.644. The van der Waals surface area contributed by atoms with Crippen molar-refractivity contribution < 1.29 is 14.6 Å². The number of hydrogen-bond acceptors (Lipinski definition) is 3. The lowest BCUT2D eigenvalue weighted by Gasteiger charge is -2.13. The number of hydrogen-bond donors (Lipinski definition) is 1. The predicted octanol–water partition coefficient (Wildman–Crippen LogP) is 2.04. The molecule has 1 unspecified atom stereocenters. The highest BCUT2D eigenvalue weighted by Gasteiger charge is 2.03. The molecular weight excluding hydrogens is 192 g/mol. The number of benzene rings is 1. The Kier molecular flexibility index (Phi) is 4.84. The van der Waals surface area contributed by atoms with E-state index in [9.17, 15) is 4.79 Å². The number of aliphatic hydroxyl groups is 1. The van der Waals surface area contributed by atoms with Gasteiger partial charge >= 0.3 is 0 Å². The van der Waals surface area contributed by atoms with Gasteiger partial charge in [-0.15, -0.1) is 0 Å². The van der Waals surface area contributed by atoms with E-state index in [0.717, 1.165) is 24.9 Å². The van der Waals surface area contributed by atoms with Crippen LogP contribution in [-0.4, -0.2) is 24.1 Å². The zero-order valence-corrected chi connectivity index (χ0v) is 8.85. The second-order valence-electron chi connectivity index (χ2n) is 3.48. The van der Waals surface area contributed by atoms with Crippen molar-refractivity contribution in [3.05, 3.63) is 29.8 Å². The maximum absolute atomic E-state index is 10.4. The summed E-state index contributed by atoms with van der Waals surface area (Å²) >= 11 is 0. The summed E-state index contributed by atoms with van der Waals surface area (Å²) in [4.78, 5) is 10.4. The molecule has 0 spiro atoms. The Morgan fingerprint density at radius 2 is 2.07 bits per heavy atom. The van der Waals surface area contributed by atoms with Gasteiger partial charge in [-0.25, -0.2) is 0 Å². The molecule has 0 fully saturated rings. The van der Waals surface area contributed by atoms with Crippen LogP contribution in [-0.2, 0) is 0 Å². The van der Waals surface area contributed by atoms with E-state index in [1.807, 2.05) is 6.92 Å². The molecule has 3 heteroatoms. The van der Waals surface area contributed by atoms with Crippen LogP contribution >= 0.6 is 0 Å². The van der Waals surface area contributed by atoms with Crippen molar-refractivity contribution in [3.8, 4) is 5.75 Å². The molecule has 0 aromatic heterocycles. The third-order valence-corrected chi connectivity index (χ3v) is 2.12. The molecule has 0 amide bonds. The molecular formula is C12H16O3. The quantitative estimate of drug-likeness (QED) is 0.728. The van der Waals surface area contributed by atoms with Crippen molar-refractivity contribution in [1.82, 2.24) is 0 Å². The predicted molar refractivity (Wildman–Crippen MR) is 58.2 cm³/mol. The van der Waals surface area contributed by atoms with Crippen molar-refractivity contribution in [2.45, 2.75) is 25.9 Å². The number of carbonyl (C=O) groups excluding carboxylic acids is 1. The first-order chi connectivity index (χ1) is 7.26. The summed E-state index contributed by atoms with van der Waals surface area (Å²) < 4.78 is 5.59. The highest BCUT2D eigenvalue weighted by atomic mass is 16.5. The van der Waals surface area contributed by atoms with Gasteiger partial charge in [0.15, 0.2) is 0 Å². The van der Waals surface area contributed by atoms with E-state index >= 15 is 0 Å². The summed E-state index contributed by atoms with van der Waals surface area (Å²) in [6.07, 6.45) is 2.46. The summed E-state index contributed by atoms with van der Waals surface area (Å²) in [7, 11) is 0. The lowest BCUT2D eigenvalue weighted by molar-refractivity contribution is 0.112. The zero-order valence-electron chi connectivity index (χ0n) is 8.85. The summed E-state index contributed by atoms with van der Waals surface area (Å²) in [6, 6.07) is 7.00. The maximum Gasteiger partial charge on any atom is 0.150 e. The highest BCUT2D eigenvalue weighted by Crippen LogP contribution is 2.14. The molecule has 0 heterocycles. The lowest BCUT2D eigenvalue weighted by atomic mass is 10.2. The van der Waals surface area contributed by atoms with Gasteiger partial charge in [0.25, 0.3) is 0 Å². The first-order valence-electron chi connectivity index (χ1n) is 5.09. The van der Waals surface area contributed by atoms with Gasteiger partial charge in [0.2, 0.25) is 0 Å². The Labute approximate surface area is 89.7 Å². The van der Waals surface area contributed by atoms with Crippen molar-refractivity contribution in [2.24, 2.45) is 0 Å².